The molecule has 3 nitrogen and oxygen atoms in total. The number of aliphatic hydroxyl groups is 1. The zero-order valence-electron chi connectivity index (χ0n) is 14.3. The van der Waals surface area contributed by atoms with Crippen LogP contribution in [0.3, 0.4) is 0 Å². The molecule has 0 aromatic heterocycles. The van der Waals surface area contributed by atoms with Gasteiger partial charge in [-0.1, -0.05) is 43.5 Å². The second-order valence-electron chi connectivity index (χ2n) is 7.14. The van der Waals surface area contributed by atoms with E-state index in [-0.39, 0.29) is 12.2 Å². The summed E-state index contributed by atoms with van der Waals surface area (Å²) in [6, 6.07) is 8.60. The summed E-state index contributed by atoms with van der Waals surface area (Å²) < 4.78 is 6.09. The molecular weight excluding hydrogens is 286 g/mol. The molecular formula is C20H31NO2. The first-order valence-electron chi connectivity index (χ1n) is 9.43. The molecule has 0 amide bonds. The van der Waals surface area contributed by atoms with Crippen LogP contribution in [0.1, 0.15) is 62.2 Å². The number of β-amino-alcohol motifs (C(OH)–C–C–N with tert-alkyl or cyclic N) is 1. The summed E-state index contributed by atoms with van der Waals surface area (Å²) in [5.41, 5.74) is 2.75. The van der Waals surface area contributed by atoms with Crippen molar-refractivity contribution in [3.63, 3.8) is 0 Å². The average Bonchev–Trinajstić information content (AvgIpc) is 2.55. The normalized spacial score (nSPS) is 24.5. The van der Waals surface area contributed by atoms with Gasteiger partial charge in [0.1, 0.15) is 0 Å². The number of aryl methyl sites for hydroxylation is 1. The maximum absolute atomic E-state index is 10.4. The van der Waals surface area contributed by atoms with Gasteiger partial charge in [0.2, 0.25) is 0 Å². The number of aliphatic hydroxyl groups excluding tert-OH is 1. The van der Waals surface area contributed by atoms with Gasteiger partial charge in [0.05, 0.1) is 18.8 Å². The molecule has 1 heterocycles. The van der Waals surface area contributed by atoms with Crippen molar-refractivity contribution in [2.45, 2.75) is 63.6 Å². The summed E-state index contributed by atoms with van der Waals surface area (Å²) in [5, 5.41) is 10.4. The molecule has 1 aliphatic carbocycles. The van der Waals surface area contributed by atoms with Crippen LogP contribution in [0.2, 0.25) is 0 Å². The maximum atomic E-state index is 10.4. The van der Waals surface area contributed by atoms with Crippen LogP contribution in [0.15, 0.2) is 24.3 Å². The second kappa shape index (κ2) is 8.81. The molecule has 1 aromatic rings. The van der Waals surface area contributed by atoms with Crippen LogP contribution in [-0.4, -0.2) is 42.4 Å². The molecule has 2 aliphatic rings. The number of nitrogens with zero attached hydrogens (tertiary/aromatic N) is 1. The summed E-state index contributed by atoms with van der Waals surface area (Å²) in [6.45, 7) is 3.47. The van der Waals surface area contributed by atoms with Gasteiger partial charge < -0.3 is 14.7 Å². The minimum atomic E-state index is -0.372. The molecule has 3 heteroatoms. The Bertz CT molecular complexity index is 468. The molecule has 0 radical (unpaired) electrons. The predicted octanol–water partition coefficient (Wildman–Crippen LogP) is 3.71. The quantitative estimate of drug-likeness (QED) is 0.898. The Morgan fingerprint density at radius 3 is 2.61 bits per heavy atom. The van der Waals surface area contributed by atoms with Gasteiger partial charge in [0.25, 0.3) is 0 Å². The van der Waals surface area contributed by atoms with Crippen LogP contribution < -0.4 is 0 Å². The Hall–Kier alpha value is -0.900. The van der Waals surface area contributed by atoms with Gasteiger partial charge in [-0.15, -0.1) is 0 Å². The van der Waals surface area contributed by atoms with Crippen LogP contribution in [0, 0.1) is 0 Å². The highest BCUT2D eigenvalue weighted by molar-refractivity contribution is 5.31. The number of likely N-dealkylation sites (tertiary alicyclic amines) is 1. The third kappa shape index (κ3) is 5.03. The van der Waals surface area contributed by atoms with Crippen molar-refractivity contribution in [1.82, 2.24) is 4.90 Å². The van der Waals surface area contributed by atoms with E-state index in [1.54, 1.807) is 0 Å². The van der Waals surface area contributed by atoms with Crippen LogP contribution in [0.4, 0.5) is 0 Å². The zero-order valence-corrected chi connectivity index (χ0v) is 14.3. The zero-order chi connectivity index (χ0) is 15.9. The SMILES string of the molecule is O[C@@H](CO[C@H]1CCCc2ccccc21)CN1CCCCCCC1. The Morgan fingerprint density at radius 2 is 1.78 bits per heavy atom. The lowest BCUT2D eigenvalue weighted by Crippen LogP contribution is -2.37. The van der Waals surface area contributed by atoms with Crippen LogP contribution >= 0.6 is 0 Å². The van der Waals surface area contributed by atoms with Crippen molar-refractivity contribution < 1.29 is 9.84 Å². The molecule has 0 bridgehead atoms. The van der Waals surface area contributed by atoms with Gasteiger partial charge in [-0.05, 0) is 56.3 Å². The highest BCUT2D eigenvalue weighted by atomic mass is 16.5. The van der Waals surface area contributed by atoms with E-state index in [0.29, 0.717) is 6.61 Å². The summed E-state index contributed by atoms with van der Waals surface area (Å²) in [7, 11) is 0. The first kappa shape index (κ1) is 16.9. The molecule has 1 aromatic carbocycles. The molecule has 0 saturated carbocycles. The Kier molecular flexibility index (Phi) is 6.49. The number of rotatable bonds is 5. The fourth-order valence-electron chi connectivity index (χ4n) is 3.96. The lowest BCUT2D eigenvalue weighted by Gasteiger charge is -2.29. The Morgan fingerprint density at radius 1 is 1.04 bits per heavy atom. The number of hydrogen-bond acceptors (Lipinski definition) is 3. The van der Waals surface area contributed by atoms with E-state index in [9.17, 15) is 5.11 Å². The van der Waals surface area contributed by atoms with E-state index in [4.69, 9.17) is 4.74 Å². The topological polar surface area (TPSA) is 32.7 Å². The standard InChI is InChI=1S/C20H31NO2/c22-18(15-21-13-6-2-1-3-7-14-21)16-23-20-12-8-10-17-9-4-5-11-19(17)20/h4-5,9,11,18,20,22H,1-3,6-8,10,12-16H2/t18-,20+/m1/s1. The van der Waals surface area contributed by atoms with E-state index in [2.05, 4.69) is 29.2 Å². The minimum absolute atomic E-state index is 0.168. The lowest BCUT2D eigenvalue weighted by atomic mass is 9.89. The summed E-state index contributed by atoms with van der Waals surface area (Å²) in [4.78, 5) is 2.42. The smallest absolute Gasteiger partial charge is 0.0900 e. The Labute approximate surface area is 140 Å². The fraction of sp³-hybridized carbons (Fsp3) is 0.700. The fourth-order valence-corrected chi connectivity index (χ4v) is 3.96. The van der Waals surface area contributed by atoms with E-state index in [1.165, 1.54) is 49.7 Å². The van der Waals surface area contributed by atoms with Crippen molar-refractivity contribution in [3.8, 4) is 0 Å². The Balaban J connectivity index is 1.46. The molecule has 0 spiro atoms. The number of fused-ring (bicyclic) bond motifs is 1. The van der Waals surface area contributed by atoms with Crippen molar-refractivity contribution in [1.29, 1.82) is 0 Å². The molecule has 1 N–H and O–H groups in total. The number of ether oxygens (including phenoxy) is 1. The largest absolute Gasteiger partial charge is 0.389 e. The number of benzene rings is 1. The third-order valence-corrected chi connectivity index (χ3v) is 5.22. The first-order chi connectivity index (χ1) is 11.3. The van der Waals surface area contributed by atoms with Gasteiger partial charge in [-0.25, -0.2) is 0 Å². The highest BCUT2D eigenvalue weighted by Crippen LogP contribution is 2.32. The molecule has 128 valence electrons. The van der Waals surface area contributed by atoms with E-state index < -0.39 is 0 Å². The summed E-state index contributed by atoms with van der Waals surface area (Å²) in [5.74, 6) is 0. The van der Waals surface area contributed by atoms with Crippen molar-refractivity contribution in [2.24, 2.45) is 0 Å². The molecule has 1 saturated heterocycles. The number of hydrogen-bond donors (Lipinski definition) is 1. The van der Waals surface area contributed by atoms with Gasteiger partial charge in [-0.3, -0.25) is 0 Å². The van der Waals surface area contributed by atoms with Crippen LogP contribution in [0.25, 0.3) is 0 Å². The van der Waals surface area contributed by atoms with Gasteiger partial charge in [0.15, 0.2) is 0 Å². The summed E-state index contributed by atoms with van der Waals surface area (Å²) in [6.07, 6.45) is 9.80. The van der Waals surface area contributed by atoms with Crippen LogP contribution in [0.5, 0.6) is 0 Å². The van der Waals surface area contributed by atoms with E-state index >= 15 is 0 Å². The first-order valence-corrected chi connectivity index (χ1v) is 9.43. The second-order valence-corrected chi connectivity index (χ2v) is 7.14. The summed E-state index contributed by atoms with van der Waals surface area (Å²) >= 11 is 0. The van der Waals surface area contributed by atoms with Crippen molar-refractivity contribution >= 4 is 0 Å². The van der Waals surface area contributed by atoms with Crippen molar-refractivity contribution in [3.05, 3.63) is 35.4 Å². The highest BCUT2D eigenvalue weighted by Gasteiger charge is 2.22. The lowest BCUT2D eigenvalue weighted by molar-refractivity contribution is -0.0286. The maximum Gasteiger partial charge on any atom is 0.0900 e. The molecule has 1 aliphatic heterocycles. The van der Waals surface area contributed by atoms with Gasteiger partial charge >= 0.3 is 0 Å². The monoisotopic (exact) mass is 317 g/mol. The molecule has 1 fully saturated rings. The molecule has 3 rings (SSSR count). The average molecular weight is 317 g/mol. The predicted molar refractivity (Wildman–Crippen MR) is 93.6 cm³/mol. The van der Waals surface area contributed by atoms with E-state index in [1.807, 2.05) is 0 Å². The van der Waals surface area contributed by atoms with Crippen molar-refractivity contribution in [2.75, 3.05) is 26.2 Å². The minimum Gasteiger partial charge on any atom is -0.389 e. The molecule has 0 unspecified atom stereocenters. The van der Waals surface area contributed by atoms with Crippen LogP contribution in [-0.2, 0) is 11.2 Å². The van der Waals surface area contributed by atoms with Gasteiger partial charge in [0, 0.05) is 6.54 Å². The molecule has 23 heavy (non-hydrogen) atoms. The van der Waals surface area contributed by atoms with Gasteiger partial charge in [-0.2, -0.15) is 0 Å². The third-order valence-electron chi connectivity index (χ3n) is 5.22. The van der Waals surface area contributed by atoms with E-state index in [0.717, 1.165) is 32.5 Å². The molecule has 2 atom stereocenters.